The maximum Gasteiger partial charge on any atom is 0.264 e. The van der Waals surface area contributed by atoms with Gasteiger partial charge in [-0.15, -0.1) is 21.5 Å². The lowest BCUT2D eigenvalue weighted by molar-refractivity contribution is 0.598. The van der Waals surface area contributed by atoms with Gasteiger partial charge in [0.2, 0.25) is 5.13 Å². The maximum atomic E-state index is 12.2. The molecule has 0 saturated carbocycles. The number of hydrogen-bond donors (Lipinski definition) is 2. The van der Waals surface area contributed by atoms with Gasteiger partial charge in [-0.3, -0.25) is 4.72 Å². The Balaban J connectivity index is 2.14. The largest absolute Gasteiger partial charge is 0.312 e. The normalized spacial score (nSPS) is 11.6. The van der Waals surface area contributed by atoms with Crippen LogP contribution in [0.5, 0.6) is 0 Å². The molecule has 2 rings (SSSR count). The van der Waals surface area contributed by atoms with E-state index in [0.717, 1.165) is 29.2 Å². The van der Waals surface area contributed by atoms with E-state index >= 15 is 0 Å². The number of hydrogen-bond acceptors (Lipinski definition) is 7. The molecule has 0 aliphatic rings. The average molecular weight is 318 g/mol. The molecule has 0 radical (unpaired) electrons. The summed E-state index contributed by atoms with van der Waals surface area (Å²) in [6.07, 6.45) is 1.01. The summed E-state index contributed by atoms with van der Waals surface area (Å²) in [5.74, 6) is 0. The highest BCUT2D eigenvalue weighted by atomic mass is 32.2. The van der Waals surface area contributed by atoms with Gasteiger partial charge in [0.15, 0.2) is 0 Å². The van der Waals surface area contributed by atoms with Crippen LogP contribution >= 0.6 is 22.7 Å². The van der Waals surface area contributed by atoms with Gasteiger partial charge in [-0.05, 0) is 24.4 Å². The Labute approximate surface area is 119 Å². The smallest absolute Gasteiger partial charge is 0.264 e. The summed E-state index contributed by atoms with van der Waals surface area (Å²) in [4.78, 5) is 1.10. The average Bonchev–Trinajstić information content (AvgIpc) is 3.00. The van der Waals surface area contributed by atoms with Crippen molar-refractivity contribution in [1.82, 2.24) is 15.5 Å². The molecule has 2 heterocycles. The van der Waals surface area contributed by atoms with Crippen molar-refractivity contribution in [3.63, 3.8) is 0 Å². The van der Waals surface area contributed by atoms with E-state index in [1.54, 1.807) is 11.4 Å². The molecule has 19 heavy (non-hydrogen) atoms. The number of anilines is 1. The van der Waals surface area contributed by atoms with Crippen LogP contribution in [-0.4, -0.2) is 25.2 Å². The van der Waals surface area contributed by atoms with Crippen LogP contribution in [0.15, 0.2) is 21.9 Å². The van der Waals surface area contributed by atoms with E-state index in [4.69, 9.17) is 0 Å². The van der Waals surface area contributed by atoms with Gasteiger partial charge in [0.05, 0.1) is 0 Å². The van der Waals surface area contributed by atoms with E-state index in [1.807, 2.05) is 0 Å². The van der Waals surface area contributed by atoms with Crippen molar-refractivity contribution in [2.75, 3.05) is 11.3 Å². The molecule has 2 aromatic heterocycles. The zero-order valence-electron chi connectivity index (χ0n) is 10.3. The van der Waals surface area contributed by atoms with Crippen LogP contribution in [-0.2, 0) is 16.6 Å². The van der Waals surface area contributed by atoms with Gasteiger partial charge >= 0.3 is 0 Å². The highest BCUT2D eigenvalue weighted by Gasteiger charge is 2.20. The monoisotopic (exact) mass is 318 g/mol. The molecule has 0 spiro atoms. The third-order valence-corrected chi connectivity index (χ3v) is 5.50. The van der Waals surface area contributed by atoms with Crippen molar-refractivity contribution in [3.8, 4) is 0 Å². The predicted octanol–water partition coefficient (Wildman–Crippen LogP) is 1.90. The Kier molecular flexibility index (Phi) is 4.86. The molecule has 0 bridgehead atoms. The van der Waals surface area contributed by atoms with Crippen LogP contribution in [0.1, 0.15) is 18.2 Å². The predicted molar refractivity (Wildman–Crippen MR) is 77.0 cm³/mol. The molecule has 0 fully saturated rings. The topological polar surface area (TPSA) is 84.0 Å². The van der Waals surface area contributed by atoms with E-state index in [2.05, 4.69) is 27.2 Å². The molecule has 0 unspecified atom stereocenters. The van der Waals surface area contributed by atoms with Gasteiger partial charge in [-0.2, -0.15) is 0 Å². The second kappa shape index (κ2) is 6.42. The number of nitrogens with zero attached hydrogens (tertiary/aromatic N) is 2. The minimum Gasteiger partial charge on any atom is -0.312 e. The summed E-state index contributed by atoms with van der Waals surface area (Å²) in [5.41, 5.74) is 1.48. The summed E-state index contributed by atoms with van der Waals surface area (Å²) < 4.78 is 26.9. The van der Waals surface area contributed by atoms with E-state index in [1.165, 1.54) is 16.8 Å². The fraction of sp³-hybridized carbons (Fsp3) is 0.400. The summed E-state index contributed by atoms with van der Waals surface area (Å²) in [5, 5.41) is 12.5. The molecular formula is C10H14N4O2S3. The highest BCUT2D eigenvalue weighted by molar-refractivity contribution is 7.93. The molecular weight excluding hydrogens is 304 g/mol. The fourth-order valence-corrected chi connectivity index (χ4v) is 4.57. The van der Waals surface area contributed by atoms with Crippen molar-refractivity contribution in [3.05, 3.63) is 21.8 Å². The second-order valence-electron chi connectivity index (χ2n) is 3.73. The molecule has 0 aliphatic heterocycles. The van der Waals surface area contributed by atoms with Gasteiger partial charge in [-0.1, -0.05) is 18.3 Å². The van der Waals surface area contributed by atoms with E-state index in [9.17, 15) is 8.42 Å². The first-order valence-corrected chi connectivity index (χ1v) is 8.94. The third-order valence-electron chi connectivity index (χ3n) is 2.29. The zero-order chi connectivity index (χ0) is 13.7. The van der Waals surface area contributed by atoms with E-state index in [-0.39, 0.29) is 5.13 Å². The number of thiophene rings is 1. The minimum atomic E-state index is -3.58. The Bertz CT molecular complexity index is 607. The number of aromatic nitrogens is 2. The highest BCUT2D eigenvalue weighted by Crippen LogP contribution is 2.24. The zero-order valence-corrected chi connectivity index (χ0v) is 12.7. The van der Waals surface area contributed by atoms with Gasteiger partial charge < -0.3 is 5.32 Å². The van der Waals surface area contributed by atoms with Crippen LogP contribution in [0.25, 0.3) is 0 Å². The molecule has 0 aliphatic carbocycles. The molecule has 0 atom stereocenters. The van der Waals surface area contributed by atoms with Gasteiger partial charge in [0.25, 0.3) is 10.0 Å². The minimum absolute atomic E-state index is 0.277. The van der Waals surface area contributed by atoms with Crippen LogP contribution < -0.4 is 10.0 Å². The lowest BCUT2D eigenvalue weighted by atomic mass is 10.4. The van der Waals surface area contributed by atoms with Crippen molar-refractivity contribution in [2.24, 2.45) is 0 Å². The van der Waals surface area contributed by atoms with Crippen LogP contribution in [0.4, 0.5) is 5.13 Å². The van der Waals surface area contributed by atoms with Gasteiger partial charge in [0.1, 0.15) is 10.4 Å². The lowest BCUT2D eigenvalue weighted by Crippen LogP contribution is -2.18. The maximum absolute atomic E-state index is 12.2. The Morgan fingerprint density at radius 2 is 2.21 bits per heavy atom. The summed E-state index contributed by atoms with van der Waals surface area (Å²) in [6.45, 7) is 3.48. The summed E-state index contributed by atoms with van der Waals surface area (Å²) in [7, 11) is -3.58. The first-order valence-electron chi connectivity index (χ1n) is 5.69. The second-order valence-corrected chi connectivity index (χ2v) is 7.22. The van der Waals surface area contributed by atoms with Crippen LogP contribution in [0.2, 0.25) is 0 Å². The molecule has 6 nitrogen and oxygen atoms in total. The Morgan fingerprint density at radius 3 is 2.89 bits per heavy atom. The summed E-state index contributed by atoms with van der Waals surface area (Å²) >= 11 is 2.57. The van der Waals surface area contributed by atoms with Gasteiger partial charge in [-0.25, -0.2) is 8.42 Å². The SMILES string of the molecule is CCCNCc1sccc1S(=O)(=O)Nc1nncs1. The first kappa shape index (κ1) is 14.4. The molecule has 2 aromatic rings. The molecule has 0 amide bonds. The molecule has 0 aromatic carbocycles. The molecule has 2 N–H and O–H groups in total. The Hall–Kier alpha value is -1.03. The first-order chi connectivity index (χ1) is 9.13. The Morgan fingerprint density at radius 1 is 1.37 bits per heavy atom. The fourth-order valence-electron chi connectivity index (χ4n) is 1.46. The van der Waals surface area contributed by atoms with Crippen molar-refractivity contribution >= 4 is 37.8 Å². The number of nitrogens with one attached hydrogen (secondary N) is 2. The van der Waals surface area contributed by atoms with Crippen LogP contribution in [0.3, 0.4) is 0 Å². The van der Waals surface area contributed by atoms with E-state index < -0.39 is 10.0 Å². The van der Waals surface area contributed by atoms with Crippen molar-refractivity contribution in [2.45, 2.75) is 24.8 Å². The summed E-state index contributed by atoms with van der Waals surface area (Å²) in [6, 6.07) is 1.61. The molecule has 9 heteroatoms. The van der Waals surface area contributed by atoms with Crippen molar-refractivity contribution < 1.29 is 8.42 Å². The number of rotatable bonds is 7. The number of sulfonamides is 1. The lowest BCUT2D eigenvalue weighted by Gasteiger charge is -2.06. The molecule has 0 saturated heterocycles. The standard InChI is InChI=1S/C10H14N4O2S3/c1-2-4-11-6-8-9(3-5-17-8)19(15,16)14-10-13-12-7-18-10/h3,5,7,11H,2,4,6H2,1H3,(H,13,14). The van der Waals surface area contributed by atoms with Gasteiger partial charge in [0, 0.05) is 11.4 Å². The van der Waals surface area contributed by atoms with Crippen LogP contribution in [0, 0.1) is 0 Å². The molecule has 104 valence electrons. The quantitative estimate of drug-likeness (QED) is 0.762. The van der Waals surface area contributed by atoms with E-state index in [0.29, 0.717) is 11.4 Å². The van der Waals surface area contributed by atoms with Crippen molar-refractivity contribution in [1.29, 1.82) is 0 Å². The third kappa shape index (κ3) is 3.72.